The van der Waals surface area contributed by atoms with Crippen LogP contribution in [0.25, 0.3) is 10.9 Å². The highest BCUT2D eigenvalue weighted by molar-refractivity contribution is 8.00. The maximum atomic E-state index is 12.4. The SMILES string of the molecule is Cc1ccc(C(=O)CSc2ncnc3ccccc23)c(C)c1. The first-order valence-electron chi connectivity index (χ1n) is 7.08. The molecular weight excluding hydrogens is 292 g/mol. The molecule has 1 heterocycles. The summed E-state index contributed by atoms with van der Waals surface area (Å²) in [4.78, 5) is 21.0. The van der Waals surface area contributed by atoms with Gasteiger partial charge in [0.1, 0.15) is 11.4 Å². The Bertz CT molecular complexity index is 840. The van der Waals surface area contributed by atoms with Crippen molar-refractivity contribution in [3.63, 3.8) is 0 Å². The standard InChI is InChI=1S/C18H16N2OS/c1-12-7-8-14(13(2)9-12)17(21)10-22-18-15-5-3-4-6-16(15)19-11-20-18/h3-9,11H,10H2,1-2H3. The van der Waals surface area contributed by atoms with Crippen LogP contribution in [0, 0.1) is 13.8 Å². The van der Waals surface area contributed by atoms with Crippen LogP contribution in [0.4, 0.5) is 0 Å². The number of hydrogen-bond donors (Lipinski definition) is 0. The van der Waals surface area contributed by atoms with Crippen LogP contribution in [0.15, 0.2) is 53.8 Å². The van der Waals surface area contributed by atoms with Crippen LogP contribution in [0.1, 0.15) is 21.5 Å². The second-order valence-electron chi connectivity index (χ2n) is 5.23. The minimum absolute atomic E-state index is 0.130. The fourth-order valence-corrected chi connectivity index (χ4v) is 3.31. The maximum Gasteiger partial charge on any atom is 0.173 e. The first-order chi connectivity index (χ1) is 10.6. The zero-order valence-corrected chi connectivity index (χ0v) is 13.4. The van der Waals surface area contributed by atoms with Crippen LogP contribution in [0.5, 0.6) is 0 Å². The Hall–Kier alpha value is -2.20. The summed E-state index contributed by atoms with van der Waals surface area (Å²) in [5.74, 6) is 0.510. The lowest BCUT2D eigenvalue weighted by atomic mass is 10.0. The number of nitrogens with zero attached hydrogens (tertiary/aromatic N) is 2. The van der Waals surface area contributed by atoms with E-state index in [2.05, 4.69) is 9.97 Å². The molecule has 22 heavy (non-hydrogen) atoms. The van der Waals surface area contributed by atoms with Gasteiger partial charge in [-0.15, -0.1) is 0 Å². The van der Waals surface area contributed by atoms with E-state index < -0.39 is 0 Å². The topological polar surface area (TPSA) is 42.9 Å². The van der Waals surface area contributed by atoms with Crippen molar-refractivity contribution in [2.24, 2.45) is 0 Å². The molecule has 0 N–H and O–H groups in total. The number of Topliss-reactive ketones (excluding diaryl/α,β-unsaturated/α-hetero) is 1. The van der Waals surface area contributed by atoms with E-state index in [-0.39, 0.29) is 5.78 Å². The molecule has 110 valence electrons. The first kappa shape index (κ1) is 14.7. The maximum absolute atomic E-state index is 12.4. The largest absolute Gasteiger partial charge is 0.293 e. The summed E-state index contributed by atoms with van der Waals surface area (Å²) in [7, 11) is 0. The van der Waals surface area contributed by atoms with Gasteiger partial charge < -0.3 is 0 Å². The van der Waals surface area contributed by atoms with Crippen molar-refractivity contribution in [2.75, 3.05) is 5.75 Å². The molecule has 3 rings (SSSR count). The minimum atomic E-state index is 0.130. The number of para-hydroxylation sites is 1. The lowest BCUT2D eigenvalue weighted by molar-refractivity contribution is 0.102. The van der Waals surface area contributed by atoms with E-state index in [1.54, 1.807) is 6.33 Å². The summed E-state index contributed by atoms with van der Waals surface area (Å²) in [5, 5.41) is 1.84. The van der Waals surface area contributed by atoms with E-state index in [1.165, 1.54) is 17.3 Å². The van der Waals surface area contributed by atoms with E-state index in [0.29, 0.717) is 5.75 Å². The highest BCUT2D eigenvalue weighted by Gasteiger charge is 2.11. The Labute approximate surface area is 133 Å². The summed E-state index contributed by atoms with van der Waals surface area (Å²) in [6.07, 6.45) is 1.55. The van der Waals surface area contributed by atoms with Gasteiger partial charge in [0, 0.05) is 10.9 Å². The van der Waals surface area contributed by atoms with Crippen molar-refractivity contribution in [3.05, 3.63) is 65.5 Å². The van der Waals surface area contributed by atoms with Gasteiger partial charge in [-0.25, -0.2) is 9.97 Å². The van der Waals surface area contributed by atoms with Gasteiger partial charge in [0.15, 0.2) is 5.78 Å². The second kappa shape index (κ2) is 6.28. The highest BCUT2D eigenvalue weighted by Crippen LogP contribution is 2.25. The zero-order chi connectivity index (χ0) is 15.5. The first-order valence-corrected chi connectivity index (χ1v) is 8.07. The lowest BCUT2D eigenvalue weighted by Gasteiger charge is -2.07. The number of ketones is 1. The molecule has 0 saturated carbocycles. The Balaban J connectivity index is 1.80. The molecule has 0 bridgehead atoms. The molecule has 0 fully saturated rings. The molecule has 0 unspecified atom stereocenters. The van der Waals surface area contributed by atoms with Crippen LogP contribution in [0.2, 0.25) is 0 Å². The average Bonchev–Trinajstić information content (AvgIpc) is 2.52. The smallest absolute Gasteiger partial charge is 0.173 e. The summed E-state index contributed by atoms with van der Waals surface area (Å²) in [6, 6.07) is 13.8. The normalized spacial score (nSPS) is 10.8. The zero-order valence-electron chi connectivity index (χ0n) is 12.5. The van der Waals surface area contributed by atoms with Gasteiger partial charge in [-0.05, 0) is 25.5 Å². The van der Waals surface area contributed by atoms with Crippen LogP contribution in [0.3, 0.4) is 0 Å². The van der Waals surface area contributed by atoms with E-state index in [9.17, 15) is 4.79 Å². The van der Waals surface area contributed by atoms with Crippen LogP contribution < -0.4 is 0 Å². The van der Waals surface area contributed by atoms with Gasteiger partial charge in [-0.2, -0.15) is 0 Å². The van der Waals surface area contributed by atoms with Gasteiger partial charge in [0.2, 0.25) is 0 Å². The molecule has 4 heteroatoms. The molecule has 0 amide bonds. The minimum Gasteiger partial charge on any atom is -0.293 e. The molecular formula is C18H16N2OS. The Morgan fingerprint density at radius 1 is 1.09 bits per heavy atom. The molecule has 3 nitrogen and oxygen atoms in total. The number of fused-ring (bicyclic) bond motifs is 1. The van der Waals surface area contributed by atoms with Crippen molar-refractivity contribution >= 4 is 28.4 Å². The van der Waals surface area contributed by atoms with Crippen LogP contribution >= 0.6 is 11.8 Å². The average molecular weight is 308 g/mol. The number of carbonyl (C=O) groups excluding carboxylic acids is 1. The summed E-state index contributed by atoms with van der Waals surface area (Å²) >= 11 is 1.47. The Morgan fingerprint density at radius 2 is 1.91 bits per heavy atom. The van der Waals surface area contributed by atoms with Gasteiger partial charge in [0.05, 0.1) is 11.3 Å². The van der Waals surface area contributed by atoms with Gasteiger partial charge in [0.25, 0.3) is 0 Å². The molecule has 0 saturated heterocycles. The predicted octanol–water partition coefficient (Wildman–Crippen LogP) is 4.22. The molecule has 0 aliphatic heterocycles. The number of aromatic nitrogens is 2. The molecule has 0 atom stereocenters. The lowest BCUT2D eigenvalue weighted by Crippen LogP contribution is -2.05. The third-order valence-corrected chi connectivity index (χ3v) is 4.53. The van der Waals surface area contributed by atoms with Gasteiger partial charge >= 0.3 is 0 Å². The van der Waals surface area contributed by atoms with E-state index in [1.807, 2.05) is 56.3 Å². The van der Waals surface area contributed by atoms with E-state index in [0.717, 1.165) is 27.1 Å². The van der Waals surface area contributed by atoms with Crippen molar-refractivity contribution in [1.29, 1.82) is 0 Å². The fourth-order valence-electron chi connectivity index (χ4n) is 2.43. The predicted molar refractivity (Wildman–Crippen MR) is 90.5 cm³/mol. The fraction of sp³-hybridized carbons (Fsp3) is 0.167. The molecule has 0 radical (unpaired) electrons. The van der Waals surface area contributed by atoms with Crippen molar-refractivity contribution < 1.29 is 4.79 Å². The Morgan fingerprint density at radius 3 is 2.73 bits per heavy atom. The van der Waals surface area contributed by atoms with Gasteiger partial charge in [-0.1, -0.05) is 53.7 Å². The number of hydrogen-bond acceptors (Lipinski definition) is 4. The van der Waals surface area contributed by atoms with Crippen molar-refractivity contribution in [2.45, 2.75) is 18.9 Å². The Kier molecular flexibility index (Phi) is 4.20. The third-order valence-electron chi connectivity index (χ3n) is 3.53. The number of thioether (sulfide) groups is 1. The van der Waals surface area contributed by atoms with E-state index in [4.69, 9.17) is 0 Å². The third kappa shape index (κ3) is 3.02. The number of benzene rings is 2. The quantitative estimate of drug-likeness (QED) is 0.411. The number of rotatable bonds is 4. The van der Waals surface area contributed by atoms with Crippen LogP contribution in [-0.4, -0.2) is 21.5 Å². The van der Waals surface area contributed by atoms with Crippen molar-refractivity contribution in [1.82, 2.24) is 9.97 Å². The highest BCUT2D eigenvalue weighted by atomic mass is 32.2. The molecule has 0 aliphatic carbocycles. The summed E-state index contributed by atoms with van der Waals surface area (Å²) in [6.45, 7) is 4.01. The second-order valence-corrected chi connectivity index (χ2v) is 6.19. The molecule has 3 aromatic rings. The molecule has 2 aromatic carbocycles. The summed E-state index contributed by atoms with van der Waals surface area (Å²) < 4.78 is 0. The van der Waals surface area contributed by atoms with Crippen molar-refractivity contribution in [3.8, 4) is 0 Å². The van der Waals surface area contributed by atoms with Gasteiger partial charge in [-0.3, -0.25) is 4.79 Å². The molecule has 1 aromatic heterocycles. The summed E-state index contributed by atoms with van der Waals surface area (Å²) in [5.41, 5.74) is 3.89. The molecule has 0 spiro atoms. The van der Waals surface area contributed by atoms with E-state index >= 15 is 0 Å². The molecule has 0 aliphatic rings. The number of aryl methyl sites for hydroxylation is 2. The van der Waals surface area contributed by atoms with Crippen LogP contribution in [-0.2, 0) is 0 Å². The monoisotopic (exact) mass is 308 g/mol. The number of carbonyl (C=O) groups is 1.